The molecule has 0 saturated carbocycles. The summed E-state index contributed by atoms with van der Waals surface area (Å²) in [6, 6.07) is 5.23. The van der Waals surface area contributed by atoms with Crippen LogP contribution in [0.3, 0.4) is 0 Å². The van der Waals surface area contributed by atoms with E-state index >= 15 is 0 Å². The van der Waals surface area contributed by atoms with Gasteiger partial charge in [0, 0.05) is 10.9 Å². The maximum atomic E-state index is 12.9. The minimum atomic E-state index is -4.37. The van der Waals surface area contributed by atoms with Crippen molar-refractivity contribution >= 4 is 23.3 Å². The summed E-state index contributed by atoms with van der Waals surface area (Å²) >= 11 is 0. The Kier molecular flexibility index (Phi) is 4.29. The number of nitrogens with one attached hydrogen (secondary N) is 1. The van der Waals surface area contributed by atoms with Crippen molar-refractivity contribution in [1.82, 2.24) is 4.98 Å². The second kappa shape index (κ2) is 5.20. The molecule has 0 atom stereocenters. The van der Waals surface area contributed by atoms with Crippen molar-refractivity contribution < 1.29 is 13.2 Å². The number of alkyl halides is 3. The van der Waals surface area contributed by atoms with Crippen molar-refractivity contribution in [3.63, 3.8) is 0 Å². The van der Waals surface area contributed by atoms with Gasteiger partial charge >= 0.3 is 6.18 Å². The molecule has 1 aromatic carbocycles. The van der Waals surface area contributed by atoms with Gasteiger partial charge in [0.1, 0.15) is 5.69 Å². The molecular weight excluding hydrogens is 265 g/mol. The summed E-state index contributed by atoms with van der Waals surface area (Å²) in [4.78, 5) is 2.48. The third kappa shape index (κ3) is 2.47. The zero-order chi connectivity index (χ0) is 12.6. The Bertz CT molecular complexity index is 546. The Morgan fingerprint density at radius 2 is 1.94 bits per heavy atom. The lowest BCUT2D eigenvalue weighted by Gasteiger charge is -2.07. The van der Waals surface area contributed by atoms with E-state index in [4.69, 9.17) is 5.73 Å². The molecule has 0 radical (unpaired) electrons. The van der Waals surface area contributed by atoms with E-state index in [0.717, 1.165) is 5.56 Å². The Morgan fingerprint density at radius 1 is 1.28 bits per heavy atom. The van der Waals surface area contributed by atoms with Crippen molar-refractivity contribution in [1.29, 1.82) is 0 Å². The van der Waals surface area contributed by atoms with Crippen LogP contribution in [0.2, 0.25) is 0 Å². The van der Waals surface area contributed by atoms with Crippen molar-refractivity contribution in [3.05, 3.63) is 35.0 Å². The highest BCUT2D eigenvalue weighted by Crippen LogP contribution is 2.36. The van der Waals surface area contributed by atoms with Crippen LogP contribution in [0, 0.1) is 6.92 Å². The number of aromatic nitrogens is 1. The van der Waals surface area contributed by atoms with Crippen LogP contribution in [0.25, 0.3) is 10.9 Å². The molecule has 0 aliphatic rings. The largest absolute Gasteiger partial charge is 0.431 e. The maximum absolute atomic E-state index is 12.9. The molecule has 1 aromatic heterocycles. The van der Waals surface area contributed by atoms with Gasteiger partial charge in [0.25, 0.3) is 0 Å². The number of aromatic amines is 1. The summed E-state index contributed by atoms with van der Waals surface area (Å²) in [5.41, 5.74) is 6.32. The van der Waals surface area contributed by atoms with Crippen molar-refractivity contribution in [3.8, 4) is 0 Å². The third-order valence-corrected chi connectivity index (χ3v) is 2.83. The molecule has 2 rings (SSSR count). The van der Waals surface area contributed by atoms with E-state index in [2.05, 4.69) is 4.98 Å². The number of benzene rings is 1. The molecule has 0 spiro atoms. The molecule has 0 amide bonds. The Labute approximate surface area is 109 Å². The number of aryl methyl sites for hydroxylation is 1. The van der Waals surface area contributed by atoms with Crippen molar-refractivity contribution in [2.45, 2.75) is 19.5 Å². The summed E-state index contributed by atoms with van der Waals surface area (Å²) in [5, 5.41) is 0.614. The fraction of sp³-hybridized carbons (Fsp3) is 0.333. The van der Waals surface area contributed by atoms with E-state index in [9.17, 15) is 13.2 Å². The van der Waals surface area contributed by atoms with Crippen molar-refractivity contribution in [2.75, 3.05) is 6.54 Å². The van der Waals surface area contributed by atoms with Gasteiger partial charge in [-0.05, 0) is 31.0 Å². The summed E-state index contributed by atoms with van der Waals surface area (Å²) in [6.45, 7) is 1.98. The zero-order valence-electron chi connectivity index (χ0n) is 9.77. The fourth-order valence-electron chi connectivity index (χ4n) is 2.07. The second-order valence-corrected chi connectivity index (χ2v) is 4.01. The van der Waals surface area contributed by atoms with Gasteiger partial charge in [-0.25, -0.2) is 0 Å². The molecule has 0 aliphatic heterocycles. The van der Waals surface area contributed by atoms with Gasteiger partial charge in [-0.15, -0.1) is 12.4 Å². The number of hydrogen-bond acceptors (Lipinski definition) is 1. The number of hydrogen-bond donors (Lipinski definition) is 2. The van der Waals surface area contributed by atoms with Gasteiger partial charge in [-0.1, -0.05) is 18.2 Å². The quantitative estimate of drug-likeness (QED) is 0.868. The van der Waals surface area contributed by atoms with E-state index in [0.29, 0.717) is 10.9 Å². The van der Waals surface area contributed by atoms with E-state index in [-0.39, 0.29) is 30.9 Å². The van der Waals surface area contributed by atoms with Crippen LogP contribution < -0.4 is 5.73 Å². The SMILES string of the molecule is Cc1cccc2c(CCN)c(C(F)(F)F)[nH]c12.Cl. The monoisotopic (exact) mass is 278 g/mol. The maximum Gasteiger partial charge on any atom is 0.431 e. The fourth-order valence-corrected chi connectivity index (χ4v) is 2.07. The first-order valence-electron chi connectivity index (χ1n) is 5.32. The van der Waals surface area contributed by atoms with E-state index in [1.54, 1.807) is 25.1 Å². The molecule has 1 heterocycles. The molecule has 0 bridgehead atoms. The van der Waals surface area contributed by atoms with Crippen LogP contribution in [-0.4, -0.2) is 11.5 Å². The number of H-pyrrole nitrogens is 1. The molecule has 0 fully saturated rings. The molecule has 18 heavy (non-hydrogen) atoms. The molecule has 6 heteroatoms. The Balaban J connectivity index is 0.00000162. The zero-order valence-corrected chi connectivity index (χ0v) is 10.6. The van der Waals surface area contributed by atoms with Gasteiger partial charge in [0.2, 0.25) is 0 Å². The van der Waals surface area contributed by atoms with Crippen LogP contribution in [0.4, 0.5) is 13.2 Å². The van der Waals surface area contributed by atoms with Crippen LogP contribution in [0.5, 0.6) is 0 Å². The Hall–Kier alpha value is -1.20. The summed E-state index contributed by atoms with van der Waals surface area (Å²) < 4.78 is 38.6. The van der Waals surface area contributed by atoms with Crippen LogP contribution in [0.15, 0.2) is 18.2 Å². The lowest BCUT2D eigenvalue weighted by atomic mass is 10.1. The molecule has 2 aromatic rings. The predicted octanol–water partition coefficient (Wildman–Crippen LogP) is 3.42. The number of nitrogens with two attached hydrogens (primary N) is 1. The van der Waals surface area contributed by atoms with Gasteiger partial charge in [-0.3, -0.25) is 0 Å². The summed E-state index contributed by atoms with van der Waals surface area (Å²) in [5.74, 6) is 0. The highest BCUT2D eigenvalue weighted by molar-refractivity contribution is 5.87. The number of fused-ring (bicyclic) bond motifs is 1. The highest BCUT2D eigenvalue weighted by atomic mass is 35.5. The average Bonchev–Trinajstić information content (AvgIpc) is 2.59. The summed E-state index contributed by atoms with van der Waals surface area (Å²) in [7, 11) is 0. The topological polar surface area (TPSA) is 41.8 Å². The van der Waals surface area contributed by atoms with E-state index in [1.807, 2.05) is 0 Å². The van der Waals surface area contributed by atoms with Gasteiger partial charge < -0.3 is 10.7 Å². The average molecular weight is 279 g/mol. The third-order valence-electron chi connectivity index (χ3n) is 2.83. The minimum Gasteiger partial charge on any atom is -0.351 e. The van der Waals surface area contributed by atoms with E-state index in [1.165, 1.54) is 0 Å². The minimum absolute atomic E-state index is 0. The molecule has 2 nitrogen and oxygen atoms in total. The molecule has 0 saturated heterocycles. The highest BCUT2D eigenvalue weighted by Gasteiger charge is 2.36. The molecule has 0 unspecified atom stereocenters. The first kappa shape index (κ1) is 14.9. The van der Waals surface area contributed by atoms with Gasteiger partial charge in [0.15, 0.2) is 0 Å². The van der Waals surface area contributed by atoms with Crippen LogP contribution in [0.1, 0.15) is 16.8 Å². The molecular formula is C12H14ClF3N2. The number of rotatable bonds is 2. The smallest absolute Gasteiger partial charge is 0.351 e. The summed E-state index contributed by atoms with van der Waals surface area (Å²) in [6.07, 6.45) is -4.14. The standard InChI is InChI=1S/C12H13F3N2.ClH/c1-7-3-2-4-8-9(5-6-16)11(12(13,14)15)17-10(7)8;/h2-4,17H,5-6,16H2,1H3;1H. The predicted molar refractivity (Wildman–Crippen MR) is 68.0 cm³/mol. The van der Waals surface area contributed by atoms with Crippen molar-refractivity contribution in [2.24, 2.45) is 5.73 Å². The van der Waals surface area contributed by atoms with Gasteiger partial charge in [-0.2, -0.15) is 13.2 Å². The normalized spacial score (nSPS) is 11.6. The molecule has 100 valence electrons. The molecule has 0 aliphatic carbocycles. The number of para-hydroxylation sites is 1. The molecule has 3 N–H and O–H groups in total. The lowest BCUT2D eigenvalue weighted by molar-refractivity contribution is -0.141. The lowest BCUT2D eigenvalue weighted by Crippen LogP contribution is -2.11. The Morgan fingerprint density at radius 3 is 2.50 bits per heavy atom. The first-order chi connectivity index (χ1) is 7.95. The van der Waals surface area contributed by atoms with Crippen LogP contribution >= 0.6 is 12.4 Å². The number of halogens is 4. The first-order valence-corrected chi connectivity index (χ1v) is 5.32. The van der Waals surface area contributed by atoms with Crippen LogP contribution in [-0.2, 0) is 12.6 Å². The van der Waals surface area contributed by atoms with E-state index < -0.39 is 11.9 Å². The second-order valence-electron chi connectivity index (χ2n) is 4.01. The van der Waals surface area contributed by atoms with Gasteiger partial charge in [0.05, 0.1) is 0 Å².